The summed E-state index contributed by atoms with van der Waals surface area (Å²) in [7, 11) is 1.37. The van der Waals surface area contributed by atoms with Crippen molar-refractivity contribution in [2.24, 2.45) is 7.05 Å². The van der Waals surface area contributed by atoms with Crippen molar-refractivity contribution >= 4 is 17.0 Å². The molecule has 0 aliphatic carbocycles. The second kappa shape index (κ2) is 6.15. The Morgan fingerprint density at radius 3 is 2.58 bits per heavy atom. The summed E-state index contributed by atoms with van der Waals surface area (Å²) in [5.41, 5.74) is -0.115. The number of carbonyl (C=O) groups excluding carboxylic acids is 1. The topological polar surface area (TPSA) is 88.1 Å². The quantitative estimate of drug-likeness (QED) is 0.649. The number of esters is 1. The number of para-hydroxylation sites is 1. The van der Waals surface area contributed by atoms with Crippen LogP contribution < -0.4 is 11.2 Å². The fourth-order valence-corrected chi connectivity index (χ4v) is 2.53. The highest BCUT2D eigenvalue weighted by Gasteiger charge is 2.19. The molecule has 0 N–H and O–H groups in total. The summed E-state index contributed by atoms with van der Waals surface area (Å²) in [6, 6.07) is 9.07. The number of hydrogen-bond donors (Lipinski definition) is 0. The van der Waals surface area contributed by atoms with Crippen molar-refractivity contribution in [2.75, 3.05) is 6.61 Å². The van der Waals surface area contributed by atoms with Gasteiger partial charge >= 0.3 is 11.7 Å². The maximum atomic E-state index is 12.5. The van der Waals surface area contributed by atoms with Crippen molar-refractivity contribution in [1.82, 2.24) is 18.9 Å². The summed E-state index contributed by atoms with van der Waals surface area (Å²) in [4.78, 5) is 36.7. The number of rotatable bonds is 4. The molecule has 2 heterocycles. The molecule has 0 spiro atoms. The van der Waals surface area contributed by atoms with Crippen LogP contribution in [-0.2, 0) is 23.1 Å². The van der Waals surface area contributed by atoms with Crippen LogP contribution in [0, 0.1) is 0 Å². The summed E-state index contributed by atoms with van der Waals surface area (Å²) in [5, 5.41) is 4.47. The van der Waals surface area contributed by atoms with E-state index in [0.29, 0.717) is 5.69 Å². The average Bonchev–Trinajstić information content (AvgIpc) is 3.03. The summed E-state index contributed by atoms with van der Waals surface area (Å²) in [6.45, 7) is 1.60. The molecule has 1 aromatic carbocycles. The van der Waals surface area contributed by atoms with Gasteiger partial charge in [-0.15, -0.1) is 0 Å². The van der Waals surface area contributed by atoms with Crippen LogP contribution in [0.4, 0.5) is 0 Å². The predicted molar refractivity (Wildman–Crippen MR) is 87.2 cm³/mol. The third kappa shape index (κ3) is 2.51. The van der Waals surface area contributed by atoms with Gasteiger partial charge in [0, 0.05) is 7.05 Å². The summed E-state index contributed by atoms with van der Waals surface area (Å²) >= 11 is 0. The van der Waals surface area contributed by atoms with E-state index in [1.54, 1.807) is 19.1 Å². The van der Waals surface area contributed by atoms with Crippen LogP contribution in [0.5, 0.6) is 0 Å². The van der Waals surface area contributed by atoms with E-state index < -0.39 is 17.2 Å². The van der Waals surface area contributed by atoms with E-state index in [1.165, 1.54) is 22.5 Å². The molecule has 0 unspecified atom stereocenters. The van der Waals surface area contributed by atoms with Crippen molar-refractivity contribution in [2.45, 2.75) is 13.5 Å². The van der Waals surface area contributed by atoms with Crippen molar-refractivity contribution in [1.29, 1.82) is 0 Å². The Bertz CT molecular complexity index is 1010. The predicted octanol–water partition coefficient (Wildman–Crippen LogP) is 0.449. The first-order chi connectivity index (χ1) is 11.5. The van der Waals surface area contributed by atoms with Crippen LogP contribution in [0.3, 0.4) is 0 Å². The third-order valence-electron chi connectivity index (χ3n) is 3.65. The highest BCUT2D eigenvalue weighted by atomic mass is 16.5. The number of benzene rings is 1. The van der Waals surface area contributed by atoms with Gasteiger partial charge in [0.25, 0.3) is 5.56 Å². The standard InChI is InChI=1S/C16H16N4O4/c1-3-24-13(21)10-19-14-12(15(22)18(2)16(19)23)9-17-20(14)11-7-5-4-6-8-11/h4-9H,3,10H2,1-2H3. The molecule has 0 radical (unpaired) electrons. The van der Waals surface area contributed by atoms with Gasteiger partial charge in [-0.05, 0) is 19.1 Å². The SMILES string of the molecule is CCOC(=O)Cn1c(=O)n(C)c(=O)c2cnn(-c3ccccc3)c21. The molecule has 8 nitrogen and oxygen atoms in total. The van der Waals surface area contributed by atoms with E-state index in [0.717, 1.165) is 4.57 Å². The van der Waals surface area contributed by atoms with Crippen LogP contribution in [0.1, 0.15) is 6.92 Å². The van der Waals surface area contributed by atoms with E-state index in [4.69, 9.17) is 4.74 Å². The Kier molecular flexibility index (Phi) is 4.03. The van der Waals surface area contributed by atoms with Crippen LogP contribution in [-0.4, -0.2) is 31.5 Å². The van der Waals surface area contributed by atoms with Crippen LogP contribution in [0.2, 0.25) is 0 Å². The van der Waals surface area contributed by atoms with Crippen molar-refractivity contribution in [3.05, 3.63) is 57.4 Å². The number of ether oxygens (including phenoxy) is 1. The zero-order valence-corrected chi connectivity index (χ0v) is 13.3. The Morgan fingerprint density at radius 2 is 1.92 bits per heavy atom. The van der Waals surface area contributed by atoms with E-state index >= 15 is 0 Å². The van der Waals surface area contributed by atoms with Crippen LogP contribution >= 0.6 is 0 Å². The smallest absolute Gasteiger partial charge is 0.332 e. The van der Waals surface area contributed by atoms with Crippen LogP contribution in [0.25, 0.3) is 16.7 Å². The van der Waals surface area contributed by atoms with Gasteiger partial charge in [-0.2, -0.15) is 5.10 Å². The lowest BCUT2D eigenvalue weighted by molar-refractivity contribution is -0.143. The van der Waals surface area contributed by atoms with E-state index in [9.17, 15) is 14.4 Å². The maximum Gasteiger partial charge on any atom is 0.332 e. The van der Waals surface area contributed by atoms with Crippen LogP contribution in [0.15, 0.2) is 46.1 Å². The molecule has 3 aromatic rings. The van der Waals surface area contributed by atoms with Gasteiger partial charge in [-0.1, -0.05) is 18.2 Å². The van der Waals surface area contributed by atoms with Crippen molar-refractivity contribution < 1.29 is 9.53 Å². The monoisotopic (exact) mass is 328 g/mol. The Balaban J connectivity index is 2.32. The molecule has 24 heavy (non-hydrogen) atoms. The minimum Gasteiger partial charge on any atom is -0.465 e. The normalized spacial score (nSPS) is 10.9. The first-order valence-electron chi connectivity index (χ1n) is 7.43. The molecule has 0 aliphatic rings. The third-order valence-corrected chi connectivity index (χ3v) is 3.65. The molecular weight excluding hydrogens is 312 g/mol. The lowest BCUT2D eigenvalue weighted by Crippen LogP contribution is -2.40. The molecule has 8 heteroatoms. The van der Waals surface area contributed by atoms with Gasteiger partial charge in [0.2, 0.25) is 0 Å². The van der Waals surface area contributed by atoms with Gasteiger partial charge in [-0.3, -0.25) is 18.7 Å². The first-order valence-corrected chi connectivity index (χ1v) is 7.43. The Morgan fingerprint density at radius 1 is 1.21 bits per heavy atom. The second-order valence-electron chi connectivity index (χ2n) is 5.17. The minimum absolute atomic E-state index is 0.209. The molecular formula is C16H16N4O4. The van der Waals surface area contributed by atoms with Gasteiger partial charge < -0.3 is 4.74 Å². The van der Waals surface area contributed by atoms with Gasteiger partial charge in [0.15, 0.2) is 5.65 Å². The fraction of sp³-hybridized carbons (Fsp3) is 0.250. The molecule has 0 aliphatic heterocycles. The highest BCUT2D eigenvalue weighted by molar-refractivity contribution is 5.78. The molecule has 0 atom stereocenters. The zero-order chi connectivity index (χ0) is 17.3. The number of aromatic nitrogens is 4. The van der Waals surface area contributed by atoms with Crippen molar-refractivity contribution in [3.63, 3.8) is 0 Å². The van der Waals surface area contributed by atoms with Gasteiger partial charge in [0.05, 0.1) is 18.5 Å². The molecule has 124 valence electrons. The van der Waals surface area contributed by atoms with E-state index in [2.05, 4.69) is 5.10 Å². The Labute approximate surface area is 136 Å². The second-order valence-corrected chi connectivity index (χ2v) is 5.17. The lowest BCUT2D eigenvalue weighted by Gasteiger charge is -2.11. The summed E-state index contributed by atoms with van der Waals surface area (Å²) < 4.78 is 8.56. The number of nitrogens with zero attached hydrogens (tertiary/aromatic N) is 4. The summed E-state index contributed by atoms with van der Waals surface area (Å²) in [5.74, 6) is -0.555. The fourth-order valence-electron chi connectivity index (χ4n) is 2.53. The van der Waals surface area contributed by atoms with Gasteiger partial charge in [0.1, 0.15) is 11.9 Å². The largest absolute Gasteiger partial charge is 0.465 e. The van der Waals surface area contributed by atoms with Crippen molar-refractivity contribution in [3.8, 4) is 5.69 Å². The average molecular weight is 328 g/mol. The number of carbonyl (C=O) groups is 1. The van der Waals surface area contributed by atoms with E-state index in [-0.39, 0.29) is 24.2 Å². The van der Waals surface area contributed by atoms with E-state index in [1.807, 2.05) is 18.2 Å². The molecule has 0 bridgehead atoms. The molecule has 3 rings (SSSR count). The lowest BCUT2D eigenvalue weighted by atomic mass is 10.3. The zero-order valence-electron chi connectivity index (χ0n) is 13.3. The minimum atomic E-state index is -0.599. The molecule has 0 saturated heterocycles. The number of hydrogen-bond acceptors (Lipinski definition) is 5. The van der Waals surface area contributed by atoms with Gasteiger partial charge in [-0.25, -0.2) is 9.48 Å². The Hall–Kier alpha value is -3.16. The maximum absolute atomic E-state index is 12.5. The first kappa shape index (κ1) is 15.7. The molecule has 0 fully saturated rings. The summed E-state index contributed by atoms with van der Waals surface area (Å²) in [6.07, 6.45) is 1.39. The molecule has 2 aromatic heterocycles. The molecule has 0 saturated carbocycles. The highest BCUT2D eigenvalue weighted by Crippen LogP contribution is 2.14. The molecule has 0 amide bonds. The number of fused-ring (bicyclic) bond motifs is 1.